The largest absolute Gasteiger partial charge is 0.507 e. The molecule has 0 aliphatic heterocycles. The molecule has 0 aliphatic carbocycles. The van der Waals surface area contributed by atoms with Gasteiger partial charge in [-0.3, -0.25) is 0 Å². The minimum Gasteiger partial charge on any atom is -0.507 e. The van der Waals surface area contributed by atoms with E-state index in [0.717, 1.165) is 0 Å². The lowest BCUT2D eigenvalue weighted by Crippen LogP contribution is -2.00. The van der Waals surface area contributed by atoms with Gasteiger partial charge in [0.2, 0.25) is 0 Å². The Kier molecular flexibility index (Phi) is 8.56. The molecule has 6 nitrogen and oxygen atoms in total. The second-order valence-corrected chi connectivity index (χ2v) is 9.33. The molecule has 5 aromatic rings. The minimum absolute atomic E-state index is 0.134. The predicted octanol–water partition coefficient (Wildman–Crippen LogP) is 7.98. The van der Waals surface area contributed by atoms with Gasteiger partial charge in [-0.25, -0.2) is 9.97 Å². The standard InChI is InChI=1S/C36H28N2O4/c39-33-13-5-1-9-25(33)17-21-29-30(22-18-26-10-2-6-14-34(26)40)38-32(24-20-28-12-4-8-16-36(28)42)31(37-29)23-19-27-11-3-7-15-35(27)41/h1-24,39-42H/b21-17+,22-18+,23-19+,24-20+. The third-order valence-electron chi connectivity index (χ3n) is 6.44. The van der Waals surface area contributed by atoms with E-state index in [2.05, 4.69) is 0 Å². The smallest absolute Gasteiger partial charge is 0.122 e. The fourth-order valence-electron chi connectivity index (χ4n) is 4.17. The number of rotatable bonds is 8. The molecule has 1 aromatic heterocycles. The summed E-state index contributed by atoms with van der Waals surface area (Å²) in [5, 5.41) is 41.1. The summed E-state index contributed by atoms with van der Waals surface area (Å²) in [6.07, 6.45) is 14.1. The molecule has 0 unspecified atom stereocenters. The van der Waals surface area contributed by atoms with Crippen LogP contribution in [0.4, 0.5) is 0 Å². The van der Waals surface area contributed by atoms with Crippen molar-refractivity contribution in [3.8, 4) is 23.0 Å². The van der Waals surface area contributed by atoms with Gasteiger partial charge in [0, 0.05) is 22.3 Å². The molecule has 0 saturated carbocycles. The molecule has 6 heteroatoms. The van der Waals surface area contributed by atoms with Crippen LogP contribution < -0.4 is 0 Å². The van der Waals surface area contributed by atoms with Crippen LogP contribution in [0.5, 0.6) is 23.0 Å². The number of aromatic hydroxyl groups is 4. The third-order valence-corrected chi connectivity index (χ3v) is 6.44. The van der Waals surface area contributed by atoms with Crippen molar-refractivity contribution < 1.29 is 20.4 Å². The van der Waals surface area contributed by atoms with Crippen LogP contribution in [0, 0.1) is 0 Å². The van der Waals surface area contributed by atoms with Crippen LogP contribution in [-0.2, 0) is 0 Å². The maximum Gasteiger partial charge on any atom is 0.122 e. The lowest BCUT2D eigenvalue weighted by molar-refractivity contribution is 0.473. The zero-order valence-electron chi connectivity index (χ0n) is 22.5. The summed E-state index contributed by atoms with van der Waals surface area (Å²) < 4.78 is 0. The van der Waals surface area contributed by atoms with Crippen LogP contribution in [0.1, 0.15) is 45.0 Å². The molecule has 0 fully saturated rings. The number of para-hydroxylation sites is 4. The first-order chi connectivity index (χ1) is 20.5. The quantitative estimate of drug-likeness (QED) is 0.155. The topological polar surface area (TPSA) is 107 Å². The van der Waals surface area contributed by atoms with E-state index in [9.17, 15) is 20.4 Å². The van der Waals surface area contributed by atoms with Gasteiger partial charge in [-0.05, 0) is 72.9 Å². The van der Waals surface area contributed by atoms with Crippen molar-refractivity contribution in [2.45, 2.75) is 0 Å². The number of hydrogen-bond donors (Lipinski definition) is 4. The van der Waals surface area contributed by atoms with E-state index in [4.69, 9.17) is 9.97 Å². The van der Waals surface area contributed by atoms with Crippen LogP contribution in [0.2, 0.25) is 0 Å². The van der Waals surface area contributed by atoms with Crippen molar-refractivity contribution in [3.63, 3.8) is 0 Å². The Labute approximate surface area is 243 Å². The number of phenolic OH excluding ortho intramolecular Hbond substituents is 4. The molecule has 4 N–H and O–H groups in total. The van der Waals surface area contributed by atoms with Crippen molar-refractivity contribution in [3.05, 3.63) is 142 Å². The van der Waals surface area contributed by atoms with Crippen LogP contribution >= 0.6 is 0 Å². The molecular weight excluding hydrogens is 524 g/mol. The van der Waals surface area contributed by atoms with Gasteiger partial charge in [-0.2, -0.15) is 0 Å². The van der Waals surface area contributed by atoms with Crippen molar-refractivity contribution in [1.29, 1.82) is 0 Å². The maximum atomic E-state index is 10.3. The van der Waals surface area contributed by atoms with Gasteiger partial charge in [-0.1, -0.05) is 72.8 Å². The maximum absolute atomic E-state index is 10.3. The molecule has 5 rings (SSSR count). The zero-order valence-corrected chi connectivity index (χ0v) is 22.5. The Morgan fingerprint density at radius 1 is 0.310 bits per heavy atom. The second-order valence-electron chi connectivity index (χ2n) is 9.33. The third kappa shape index (κ3) is 6.81. The van der Waals surface area contributed by atoms with E-state index >= 15 is 0 Å². The lowest BCUT2D eigenvalue weighted by Gasteiger charge is -2.08. The molecule has 0 radical (unpaired) electrons. The Morgan fingerprint density at radius 3 is 0.738 bits per heavy atom. The molecule has 0 atom stereocenters. The summed E-state index contributed by atoms with van der Waals surface area (Å²) in [7, 11) is 0. The van der Waals surface area contributed by atoms with E-state index in [1.165, 1.54) is 0 Å². The van der Waals surface area contributed by atoms with Gasteiger partial charge in [0.15, 0.2) is 0 Å². The Hall–Kier alpha value is -5.88. The lowest BCUT2D eigenvalue weighted by atomic mass is 10.1. The van der Waals surface area contributed by atoms with Crippen LogP contribution in [0.3, 0.4) is 0 Å². The second kappa shape index (κ2) is 13.0. The molecule has 1 heterocycles. The molecule has 0 aliphatic rings. The van der Waals surface area contributed by atoms with E-state index in [1.54, 1.807) is 121 Å². The predicted molar refractivity (Wildman–Crippen MR) is 170 cm³/mol. The zero-order chi connectivity index (χ0) is 29.3. The van der Waals surface area contributed by atoms with Crippen molar-refractivity contribution >= 4 is 48.6 Å². The normalized spacial score (nSPS) is 11.8. The minimum atomic E-state index is 0.134. The molecule has 0 bridgehead atoms. The molecular formula is C36H28N2O4. The molecule has 0 saturated heterocycles. The molecule has 4 aromatic carbocycles. The Balaban J connectivity index is 1.66. The van der Waals surface area contributed by atoms with E-state index in [-0.39, 0.29) is 23.0 Å². The highest BCUT2D eigenvalue weighted by Gasteiger charge is 2.10. The van der Waals surface area contributed by atoms with E-state index < -0.39 is 0 Å². The van der Waals surface area contributed by atoms with Crippen molar-refractivity contribution in [1.82, 2.24) is 9.97 Å². The van der Waals surface area contributed by atoms with Crippen LogP contribution in [-0.4, -0.2) is 30.4 Å². The highest BCUT2D eigenvalue weighted by molar-refractivity contribution is 5.83. The summed E-state index contributed by atoms with van der Waals surface area (Å²) in [6, 6.07) is 27.9. The Bertz CT molecular complexity index is 1570. The van der Waals surface area contributed by atoms with Crippen molar-refractivity contribution in [2.24, 2.45) is 0 Å². The number of phenols is 4. The summed E-state index contributed by atoms with van der Waals surface area (Å²) >= 11 is 0. The van der Waals surface area contributed by atoms with Gasteiger partial charge in [-0.15, -0.1) is 0 Å². The van der Waals surface area contributed by atoms with Gasteiger partial charge in [0.25, 0.3) is 0 Å². The number of aromatic nitrogens is 2. The summed E-state index contributed by atoms with van der Waals surface area (Å²) in [4.78, 5) is 9.81. The van der Waals surface area contributed by atoms with Gasteiger partial charge >= 0.3 is 0 Å². The average molecular weight is 553 g/mol. The fraction of sp³-hybridized carbons (Fsp3) is 0. The highest BCUT2D eigenvalue weighted by atomic mass is 16.3. The molecule has 0 spiro atoms. The molecule has 0 amide bonds. The van der Waals surface area contributed by atoms with Crippen LogP contribution in [0.25, 0.3) is 48.6 Å². The average Bonchev–Trinajstić information content (AvgIpc) is 3.00. The fourth-order valence-corrected chi connectivity index (χ4v) is 4.17. The van der Waals surface area contributed by atoms with Gasteiger partial charge in [0.1, 0.15) is 23.0 Å². The monoisotopic (exact) mass is 552 g/mol. The first kappa shape index (κ1) is 27.7. The number of nitrogens with zero attached hydrogens (tertiary/aromatic N) is 2. The van der Waals surface area contributed by atoms with Gasteiger partial charge in [0.05, 0.1) is 22.8 Å². The van der Waals surface area contributed by atoms with Crippen LogP contribution in [0.15, 0.2) is 97.1 Å². The van der Waals surface area contributed by atoms with Gasteiger partial charge < -0.3 is 20.4 Å². The first-order valence-corrected chi connectivity index (χ1v) is 13.2. The highest BCUT2D eigenvalue weighted by Crippen LogP contribution is 2.26. The molecule has 42 heavy (non-hydrogen) atoms. The summed E-state index contributed by atoms with van der Waals surface area (Å²) in [6.45, 7) is 0. The number of hydrogen-bond acceptors (Lipinski definition) is 6. The molecule has 206 valence electrons. The summed E-state index contributed by atoms with van der Waals surface area (Å²) in [5.74, 6) is 0.537. The Morgan fingerprint density at radius 2 is 0.524 bits per heavy atom. The first-order valence-electron chi connectivity index (χ1n) is 13.2. The summed E-state index contributed by atoms with van der Waals surface area (Å²) in [5.41, 5.74) is 4.52. The van der Waals surface area contributed by atoms with Crippen molar-refractivity contribution in [2.75, 3.05) is 0 Å². The SMILES string of the molecule is Oc1ccccc1/C=C/c1nc(/C=C/c2ccccc2O)c(/C=C/c2ccccc2O)nc1/C=C/c1ccccc1O. The van der Waals surface area contributed by atoms with E-state index in [0.29, 0.717) is 45.0 Å². The van der Waals surface area contributed by atoms with E-state index in [1.807, 2.05) is 24.3 Å². The number of benzene rings is 4.